The standard InChI is InChI=1S/C12H14N2O5S/c1-8(15)14-5-4-9-2-3-10(6-11(9)14)20(18,19)13-7-12(16)17/h2-3,6,13H,4-5,7H2,1H3,(H,16,17). The maximum Gasteiger partial charge on any atom is 0.318 e. The van der Waals surface area contributed by atoms with Crippen molar-refractivity contribution in [2.24, 2.45) is 0 Å². The minimum Gasteiger partial charge on any atom is -0.480 e. The molecule has 0 radical (unpaired) electrons. The molecule has 0 saturated carbocycles. The number of sulfonamides is 1. The number of anilines is 1. The molecule has 1 aromatic rings. The fourth-order valence-electron chi connectivity index (χ4n) is 2.09. The zero-order valence-corrected chi connectivity index (χ0v) is 11.6. The van der Waals surface area contributed by atoms with E-state index in [1.165, 1.54) is 24.0 Å². The number of carboxylic acid groups (broad SMARTS) is 1. The molecule has 1 aliphatic rings. The van der Waals surface area contributed by atoms with Crippen molar-refractivity contribution >= 4 is 27.6 Å². The van der Waals surface area contributed by atoms with Crippen LogP contribution in [0.2, 0.25) is 0 Å². The van der Waals surface area contributed by atoms with Gasteiger partial charge in [0.1, 0.15) is 6.54 Å². The minimum absolute atomic E-state index is 0.0503. The molecule has 0 atom stereocenters. The van der Waals surface area contributed by atoms with Gasteiger partial charge in [-0.25, -0.2) is 8.42 Å². The van der Waals surface area contributed by atoms with Crippen LogP contribution in [-0.4, -0.2) is 38.5 Å². The molecule has 1 amide bonds. The molecule has 1 aromatic carbocycles. The van der Waals surface area contributed by atoms with Gasteiger partial charge in [0.05, 0.1) is 4.90 Å². The second-order valence-corrected chi connectivity index (χ2v) is 6.20. The molecule has 0 unspecified atom stereocenters. The van der Waals surface area contributed by atoms with Crippen LogP contribution in [0.4, 0.5) is 5.69 Å². The lowest BCUT2D eigenvalue weighted by Crippen LogP contribution is -2.30. The average Bonchev–Trinajstić information content (AvgIpc) is 2.79. The fourth-order valence-corrected chi connectivity index (χ4v) is 3.09. The van der Waals surface area contributed by atoms with Crippen LogP contribution in [0, 0.1) is 0 Å². The predicted octanol–water partition coefficient (Wildman–Crippen LogP) is -0.0415. The van der Waals surface area contributed by atoms with E-state index in [0.29, 0.717) is 18.7 Å². The van der Waals surface area contributed by atoms with Crippen LogP contribution in [0.5, 0.6) is 0 Å². The van der Waals surface area contributed by atoms with Gasteiger partial charge < -0.3 is 10.0 Å². The van der Waals surface area contributed by atoms with E-state index in [9.17, 15) is 18.0 Å². The number of benzene rings is 1. The summed E-state index contributed by atoms with van der Waals surface area (Å²) in [7, 11) is -3.89. The number of aliphatic carboxylic acids is 1. The summed E-state index contributed by atoms with van der Waals surface area (Å²) in [5.41, 5.74) is 1.47. The van der Waals surface area contributed by atoms with Crippen molar-refractivity contribution in [1.29, 1.82) is 0 Å². The molecular weight excluding hydrogens is 284 g/mol. The lowest BCUT2D eigenvalue weighted by molar-refractivity contribution is -0.135. The van der Waals surface area contributed by atoms with E-state index in [4.69, 9.17) is 5.11 Å². The van der Waals surface area contributed by atoms with Gasteiger partial charge in [0.25, 0.3) is 0 Å². The van der Waals surface area contributed by atoms with Crippen LogP contribution in [0.25, 0.3) is 0 Å². The summed E-state index contributed by atoms with van der Waals surface area (Å²) in [5, 5.41) is 8.51. The first-order valence-electron chi connectivity index (χ1n) is 5.94. The van der Waals surface area contributed by atoms with E-state index in [1.54, 1.807) is 6.07 Å². The Balaban J connectivity index is 2.34. The summed E-state index contributed by atoms with van der Waals surface area (Å²) in [4.78, 5) is 23.3. The summed E-state index contributed by atoms with van der Waals surface area (Å²) < 4.78 is 25.8. The van der Waals surface area contributed by atoms with Crippen LogP contribution in [0.15, 0.2) is 23.1 Å². The minimum atomic E-state index is -3.89. The third-order valence-electron chi connectivity index (χ3n) is 3.06. The Morgan fingerprint density at radius 1 is 1.40 bits per heavy atom. The van der Waals surface area contributed by atoms with Crippen LogP contribution in [-0.2, 0) is 26.0 Å². The number of nitrogens with zero attached hydrogens (tertiary/aromatic N) is 1. The van der Waals surface area contributed by atoms with Crippen LogP contribution in [0.1, 0.15) is 12.5 Å². The first-order valence-corrected chi connectivity index (χ1v) is 7.42. The number of carbonyl (C=O) groups excluding carboxylic acids is 1. The molecule has 0 fully saturated rings. The van der Waals surface area contributed by atoms with E-state index in [-0.39, 0.29) is 10.8 Å². The van der Waals surface area contributed by atoms with Crippen molar-refractivity contribution in [1.82, 2.24) is 4.72 Å². The summed E-state index contributed by atoms with van der Waals surface area (Å²) in [6, 6.07) is 4.45. The highest BCUT2D eigenvalue weighted by molar-refractivity contribution is 7.89. The zero-order valence-electron chi connectivity index (χ0n) is 10.8. The number of hydrogen-bond donors (Lipinski definition) is 2. The quantitative estimate of drug-likeness (QED) is 0.811. The highest BCUT2D eigenvalue weighted by atomic mass is 32.2. The third-order valence-corrected chi connectivity index (χ3v) is 4.46. The summed E-state index contributed by atoms with van der Waals surface area (Å²) >= 11 is 0. The number of hydrogen-bond acceptors (Lipinski definition) is 4. The topological polar surface area (TPSA) is 104 Å². The van der Waals surface area contributed by atoms with Crippen molar-refractivity contribution in [3.63, 3.8) is 0 Å². The molecule has 0 bridgehead atoms. The largest absolute Gasteiger partial charge is 0.480 e. The molecule has 20 heavy (non-hydrogen) atoms. The molecule has 8 heteroatoms. The van der Waals surface area contributed by atoms with E-state index in [1.807, 2.05) is 4.72 Å². The lowest BCUT2D eigenvalue weighted by Gasteiger charge is -2.15. The second kappa shape index (κ2) is 5.22. The lowest BCUT2D eigenvalue weighted by atomic mass is 10.2. The highest BCUT2D eigenvalue weighted by Crippen LogP contribution is 2.30. The Bertz CT molecular complexity index is 668. The van der Waals surface area contributed by atoms with Crippen LogP contribution in [0.3, 0.4) is 0 Å². The van der Waals surface area contributed by atoms with Crippen molar-refractivity contribution in [3.05, 3.63) is 23.8 Å². The van der Waals surface area contributed by atoms with Gasteiger partial charge in [-0.1, -0.05) is 6.07 Å². The SMILES string of the molecule is CC(=O)N1CCc2ccc(S(=O)(=O)NCC(=O)O)cc21. The Morgan fingerprint density at radius 2 is 2.10 bits per heavy atom. The van der Waals surface area contributed by atoms with Gasteiger partial charge in [-0.2, -0.15) is 4.72 Å². The van der Waals surface area contributed by atoms with Gasteiger partial charge in [-0.15, -0.1) is 0 Å². The van der Waals surface area contributed by atoms with Gasteiger partial charge in [-0.3, -0.25) is 9.59 Å². The van der Waals surface area contributed by atoms with Gasteiger partial charge >= 0.3 is 5.97 Å². The number of amides is 1. The monoisotopic (exact) mass is 298 g/mol. The molecule has 2 N–H and O–H groups in total. The number of nitrogens with one attached hydrogen (secondary N) is 1. The first kappa shape index (κ1) is 14.5. The summed E-state index contributed by atoms with van der Waals surface area (Å²) in [5.74, 6) is -1.42. The van der Waals surface area contributed by atoms with Gasteiger partial charge in [0.2, 0.25) is 15.9 Å². The molecule has 0 aromatic heterocycles. The Morgan fingerprint density at radius 3 is 2.70 bits per heavy atom. The summed E-state index contributed by atoms with van der Waals surface area (Å²) in [6.45, 7) is 1.26. The van der Waals surface area contributed by atoms with E-state index < -0.39 is 22.5 Å². The average molecular weight is 298 g/mol. The van der Waals surface area contributed by atoms with Crippen molar-refractivity contribution < 1.29 is 23.1 Å². The Hall–Kier alpha value is -1.93. The second-order valence-electron chi connectivity index (χ2n) is 4.43. The maximum absolute atomic E-state index is 11.9. The molecule has 0 aliphatic carbocycles. The van der Waals surface area contributed by atoms with Gasteiger partial charge in [0.15, 0.2) is 0 Å². The molecule has 1 aliphatic heterocycles. The maximum atomic E-state index is 11.9. The normalized spacial score (nSPS) is 14.2. The summed E-state index contributed by atoms with van der Waals surface area (Å²) in [6.07, 6.45) is 0.678. The van der Waals surface area contributed by atoms with Crippen LogP contribution < -0.4 is 9.62 Å². The number of carbonyl (C=O) groups is 2. The molecule has 2 rings (SSSR count). The van der Waals surface area contributed by atoms with E-state index in [0.717, 1.165) is 5.56 Å². The first-order chi connectivity index (χ1) is 9.31. The highest BCUT2D eigenvalue weighted by Gasteiger charge is 2.25. The van der Waals surface area contributed by atoms with Crippen molar-refractivity contribution in [3.8, 4) is 0 Å². The molecule has 7 nitrogen and oxygen atoms in total. The van der Waals surface area contributed by atoms with E-state index >= 15 is 0 Å². The molecule has 1 heterocycles. The fraction of sp³-hybridized carbons (Fsp3) is 0.333. The van der Waals surface area contributed by atoms with Gasteiger partial charge in [0, 0.05) is 19.2 Å². The Kier molecular flexibility index (Phi) is 3.78. The van der Waals surface area contributed by atoms with Crippen LogP contribution >= 0.6 is 0 Å². The van der Waals surface area contributed by atoms with E-state index in [2.05, 4.69) is 0 Å². The van der Waals surface area contributed by atoms with Gasteiger partial charge in [-0.05, 0) is 24.1 Å². The van der Waals surface area contributed by atoms with Crippen molar-refractivity contribution in [2.45, 2.75) is 18.2 Å². The van der Waals surface area contributed by atoms with Crippen molar-refractivity contribution in [2.75, 3.05) is 18.0 Å². The number of carboxylic acids is 1. The smallest absolute Gasteiger partial charge is 0.318 e. The Labute approximate surface area is 116 Å². The zero-order chi connectivity index (χ0) is 14.9. The number of rotatable bonds is 4. The third kappa shape index (κ3) is 2.81. The molecule has 108 valence electrons. The molecular formula is C12H14N2O5S. The molecule has 0 spiro atoms. The number of fused-ring (bicyclic) bond motifs is 1. The molecule has 0 saturated heterocycles. The predicted molar refractivity (Wildman–Crippen MR) is 71.0 cm³/mol.